The highest BCUT2D eigenvalue weighted by Crippen LogP contribution is 2.31. The van der Waals surface area contributed by atoms with Gasteiger partial charge in [-0.3, -0.25) is 0 Å². The minimum Gasteiger partial charge on any atom is -1.00 e. The summed E-state index contributed by atoms with van der Waals surface area (Å²) in [6, 6.07) is 0.689. The van der Waals surface area contributed by atoms with E-state index in [1.54, 1.807) is 4.90 Å². The summed E-state index contributed by atoms with van der Waals surface area (Å²) in [5.74, 6) is 0. The molecule has 1 saturated heterocycles. The first-order chi connectivity index (χ1) is 12.1. The van der Waals surface area contributed by atoms with Crippen LogP contribution in [0.25, 0.3) is 0 Å². The third-order valence-corrected chi connectivity index (χ3v) is 6.13. The molecule has 0 bridgehead atoms. The number of hydrogen-bond donors (Lipinski definition) is 1. The number of hydrogen-bond acceptors (Lipinski definition) is 1. The number of nitrogens with one attached hydrogen (secondary N) is 1. The number of unbranched alkanes of at least 4 members (excludes halogenated alkanes) is 14. The molecule has 26 heavy (non-hydrogen) atoms. The molecule has 0 aromatic carbocycles. The van der Waals surface area contributed by atoms with Gasteiger partial charge >= 0.3 is 0 Å². The molecule has 0 aromatic heterocycles. The first-order valence-corrected chi connectivity index (χ1v) is 11.5. The van der Waals surface area contributed by atoms with E-state index in [4.69, 9.17) is 4.74 Å². The van der Waals surface area contributed by atoms with Crippen molar-refractivity contribution in [1.29, 1.82) is 0 Å². The van der Waals surface area contributed by atoms with E-state index in [0.717, 1.165) is 6.61 Å². The molecule has 0 aromatic rings. The summed E-state index contributed by atoms with van der Waals surface area (Å²) in [6.45, 7) is 5.56. The van der Waals surface area contributed by atoms with Crippen LogP contribution in [-0.4, -0.2) is 32.3 Å². The fourth-order valence-corrected chi connectivity index (χ4v) is 4.24. The summed E-state index contributed by atoms with van der Waals surface area (Å²) >= 11 is 0. The third kappa shape index (κ3) is 12.6. The number of ether oxygens (including phenoxy) is 1. The van der Waals surface area contributed by atoms with Crippen molar-refractivity contribution in [2.45, 2.75) is 128 Å². The number of halogens is 1. The van der Waals surface area contributed by atoms with Crippen LogP contribution in [0.5, 0.6) is 0 Å². The molecule has 2 unspecified atom stereocenters. The summed E-state index contributed by atoms with van der Waals surface area (Å²) in [6.07, 6.45) is 23.0. The quantitative estimate of drug-likeness (QED) is 0.281. The van der Waals surface area contributed by atoms with E-state index < -0.39 is 0 Å². The lowest BCUT2D eigenvalue weighted by atomic mass is 9.95. The molecule has 1 N–H and O–H groups in total. The zero-order chi connectivity index (χ0) is 18.4. The molecule has 3 heteroatoms. The maximum atomic E-state index is 5.67. The van der Waals surface area contributed by atoms with Gasteiger partial charge in [0.2, 0.25) is 0 Å². The first-order valence-electron chi connectivity index (χ1n) is 11.5. The fourth-order valence-electron chi connectivity index (χ4n) is 4.24. The molecule has 0 amide bonds. The molecule has 2 nitrogen and oxygen atoms in total. The summed E-state index contributed by atoms with van der Waals surface area (Å²) in [5.41, 5.74) is 0.189. The van der Waals surface area contributed by atoms with Crippen LogP contribution in [-0.2, 0) is 4.74 Å². The van der Waals surface area contributed by atoms with Gasteiger partial charge in [0.05, 0.1) is 20.7 Å². The van der Waals surface area contributed by atoms with Crippen LogP contribution in [0.3, 0.4) is 0 Å². The molecule has 1 rings (SSSR count). The summed E-state index contributed by atoms with van der Waals surface area (Å²) in [7, 11) is 4.56. The van der Waals surface area contributed by atoms with Gasteiger partial charge in [-0.2, -0.15) is 0 Å². The van der Waals surface area contributed by atoms with E-state index in [-0.39, 0.29) is 18.0 Å². The van der Waals surface area contributed by atoms with Crippen LogP contribution in [0.4, 0.5) is 0 Å². The summed E-state index contributed by atoms with van der Waals surface area (Å²) in [5, 5.41) is 0. The Balaban J connectivity index is 0.00000625. The van der Waals surface area contributed by atoms with E-state index in [1.165, 1.54) is 103 Å². The van der Waals surface area contributed by atoms with Gasteiger partial charge in [-0.25, -0.2) is 0 Å². The highest BCUT2D eigenvalue weighted by atomic mass is 35.5. The lowest BCUT2D eigenvalue weighted by Crippen LogP contribution is -3.11. The molecule has 0 aliphatic carbocycles. The molecular formula is C23H48ClNO. The van der Waals surface area contributed by atoms with Gasteiger partial charge in [-0.15, -0.1) is 0 Å². The van der Waals surface area contributed by atoms with Crippen LogP contribution in [0, 0.1) is 0 Å². The molecule has 2 atom stereocenters. The third-order valence-electron chi connectivity index (χ3n) is 6.13. The molecular weight excluding hydrogens is 342 g/mol. The first kappa shape index (κ1) is 26.2. The Kier molecular flexibility index (Phi) is 16.3. The van der Waals surface area contributed by atoms with Gasteiger partial charge in [0, 0.05) is 6.42 Å². The molecule has 1 heterocycles. The van der Waals surface area contributed by atoms with Crippen molar-refractivity contribution >= 4 is 0 Å². The van der Waals surface area contributed by atoms with E-state index in [0.29, 0.717) is 6.04 Å². The second kappa shape index (κ2) is 16.2. The molecule has 158 valence electrons. The van der Waals surface area contributed by atoms with Crippen LogP contribution in [0.1, 0.15) is 117 Å². The molecule has 1 aliphatic rings. The molecule has 1 fully saturated rings. The fraction of sp³-hybridized carbons (Fsp3) is 1.00. The van der Waals surface area contributed by atoms with E-state index in [2.05, 4.69) is 27.9 Å². The second-order valence-corrected chi connectivity index (χ2v) is 8.97. The average molecular weight is 390 g/mol. The van der Waals surface area contributed by atoms with Crippen LogP contribution in [0.15, 0.2) is 0 Å². The van der Waals surface area contributed by atoms with Gasteiger partial charge in [-0.05, 0) is 13.3 Å². The van der Waals surface area contributed by atoms with Crippen molar-refractivity contribution in [3.05, 3.63) is 0 Å². The Hall–Kier alpha value is 0.210. The summed E-state index contributed by atoms with van der Waals surface area (Å²) < 4.78 is 5.67. The maximum absolute atomic E-state index is 5.67. The molecule has 0 saturated carbocycles. The zero-order valence-corrected chi connectivity index (χ0v) is 19.1. The van der Waals surface area contributed by atoms with Crippen LogP contribution < -0.4 is 17.3 Å². The largest absolute Gasteiger partial charge is 1.00 e. The number of rotatable bonds is 18. The van der Waals surface area contributed by atoms with Gasteiger partial charge in [0.1, 0.15) is 11.6 Å². The Morgan fingerprint density at radius 3 is 1.38 bits per heavy atom. The van der Waals surface area contributed by atoms with Gasteiger partial charge in [-0.1, -0.05) is 96.8 Å². The van der Waals surface area contributed by atoms with Crippen molar-refractivity contribution in [2.75, 3.05) is 20.7 Å². The van der Waals surface area contributed by atoms with Gasteiger partial charge in [0.15, 0.2) is 0 Å². The Morgan fingerprint density at radius 1 is 0.731 bits per heavy atom. The number of quaternary nitrogens is 1. The van der Waals surface area contributed by atoms with Gasteiger partial charge in [0.25, 0.3) is 0 Å². The Labute approximate surface area is 171 Å². The van der Waals surface area contributed by atoms with Crippen molar-refractivity contribution in [1.82, 2.24) is 0 Å². The van der Waals surface area contributed by atoms with E-state index in [9.17, 15) is 0 Å². The lowest BCUT2D eigenvalue weighted by molar-refractivity contribution is -0.890. The number of likely N-dealkylation sites (N-methyl/N-ethyl adjacent to an activating group) is 1. The highest BCUT2D eigenvalue weighted by Gasteiger charge is 2.50. The van der Waals surface area contributed by atoms with Crippen molar-refractivity contribution in [3.8, 4) is 0 Å². The Bertz CT molecular complexity index is 305. The highest BCUT2D eigenvalue weighted by molar-refractivity contribution is 4.94. The minimum absolute atomic E-state index is 0. The van der Waals surface area contributed by atoms with E-state index >= 15 is 0 Å². The predicted octanol–water partition coefficient (Wildman–Crippen LogP) is 2.55. The Morgan fingerprint density at radius 2 is 1.08 bits per heavy atom. The molecule has 0 radical (unpaired) electrons. The molecule has 1 aliphatic heterocycles. The normalized spacial score (nSPS) is 20.2. The standard InChI is InChI=1S/C23H47NO.ClH/c1-5-6-7-8-9-10-11-12-13-14-15-16-17-18-19-20-22(24(3)4)23(2)21-25-23;/h22H,5-21H2,1-4H3;1H. The molecule has 0 spiro atoms. The second-order valence-electron chi connectivity index (χ2n) is 8.97. The summed E-state index contributed by atoms with van der Waals surface area (Å²) in [4.78, 5) is 1.56. The lowest BCUT2D eigenvalue weighted by Gasteiger charge is -2.24. The zero-order valence-electron chi connectivity index (χ0n) is 18.4. The topological polar surface area (TPSA) is 17.0 Å². The minimum atomic E-state index is 0. The van der Waals surface area contributed by atoms with Crippen molar-refractivity contribution < 1.29 is 22.0 Å². The smallest absolute Gasteiger partial charge is 0.140 e. The average Bonchev–Trinajstić information content (AvgIpc) is 3.32. The van der Waals surface area contributed by atoms with E-state index in [1.807, 2.05) is 0 Å². The SMILES string of the molecule is CCCCCCCCCCCCCCCCCC([NH+](C)C)C1(C)CO1.[Cl-]. The van der Waals surface area contributed by atoms with Crippen LogP contribution in [0.2, 0.25) is 0 Å². The van der Waals surface area contributed by atoms with Crippen molar-refractivity contribution in [2.24, 2.45) is 0 Å². The predicted molar refractivity (Wildman–Crippen MR) is 111 cm³/mol. The number of epoxide rings is 1. The monoisotopic (exact) mass is 389 g/mol. The van der Waals surface area contributed by atoms with Gasteiger partial charge < -0.3 is 22.0 Å². The van der Waals surface area contributed by atoms with Crippen molar-refractivity contribution in [3.63, 3.8) is 0 Å². The van der Waals surface area contributed by atoms with Crippen LogP contribution >= 0.6 is 0 Å². The maximum Gasteiger partial charge on any atom is 0.140 e.